The topological polar surface area (TPSA) is 41.8 Å². The molecular weight excluding hydrogens is 148 g/mol. The third-order valence-corrected chi connectivity index (χ3v) is 1.41. The van der Waals surface area contributed by atoms with Crippen molar-refractivity contribution in [1.82, 2.24) is 4.98 Å². The van der Waals surface area contributed by atoms with Gasteiger partial charge in [-0.1, -0.05) is 6.92 Å². The smallest absolute Gasteiger partial charge is 0.0332 e. The van der Waals surface area contributed by atoms with Crippen molar-refractivity contribution in [2.24, 2.45) is 5.73 Å². The van der Waals surface area contributed by atoms with Crippen molar-refractivity contribution in [3.05, 3.63) is 23.5 Å². The van der Waals surface area contributed by atoms with E-state index in [4.69, 9.17) is 5.73 Å². The molecule has 0 aliphatic heterocycles. The number of hydrogen-bond acceptors (Lipinski definition) is 1. The molecule has 0 aliphatic rings. The zero-order valence-corrected chi connectivity index (χ0v) is 6.87. The average Bonchev–Trinajstić information content (AvgIpc) is 2.34. The lowest BCUT2D eigenvalue weighted by molar-refractivity contribution is 0.968. The summed E-state index contributed by atoms with van der Waals surface area (Å²) in [7, 11) is 0. The predicted molar refractivity (Wildman–Crippen MR) is 45.3 cm³/mol. The van der Waals surface area contributed by atoms with E-state index >= 15 is 0 Å². The number of H-pyrrole nitrogens is 1. The first-order valence-electron chi connectivity index (χ1n) is 3.23. The molecule has 0 amide bonds. The summed E-state index contributed by atoms with van der Waals surface area (Å²) >= 11 is 0. The molecule has 1 heterocycles. The molecule has 3 heteroatoms. The Hall–Kier alpha value is -0.470. The molecule has 0 saturated heterocycles. The Labute approximate surface area is 67.2 Å². The predicted octanol–water partition coefficient (Wildman–Crippen LogP) is 1.46. The van der Waals surface area contributed by atoms with Crippen LogP contribution in [-0.4, -0.2) is 4.98 Å². The maximum Gasteiger partial charge on any atom is 0.0332 e. The van der Waals surface area contributed by atoms with Crippen molar-refractivity contribution >= 4 is 12.4 Å². The number of nitrogens with two attached hydrogens (primary N) is 1. The van der Waals surface area contributed by atoms with Crippen LogP contribution < -0.4 is 5.73 Å². The van der Waals surface area contributed by atoms with E-state index < -0.39 is 0 Å². The molecule has 3 N–H and O–H groups in total. The maximum absolute atomic E-state index is 5.39. The summed E-state index contributed by atoms with van der Waals surface area (Å²) in [5.41, 5.74) is 7.76. The molecule has 1 aromatic rings. The van der Waals surface area contributed by atoms with Crippen LogP contribution >= 0.6 is 12.4 Å². The zero-order valence-electron chi connectivity index (χ0n) is 6.05. The minimum atomic E-state index is 0. The lowest BCUT2D eigenvalue weighted by Gasteiger charge is -1.88. The number of nitrogens with one attached hydrogen (secondary N) is 1. The number of hydrogen-bond donors (Lipinski definition) is 2. The number of halogens is 1. The second kappa shape index (κ2) is 4.36. The van der Waals surface area contributed by atoms with E-state index in [9.17, 15) is 0 Å². The molecule has 0 aromatic carbocycles. The first-order chi connectivity index (χ1) is 4.36. The van der Waals surface area contributed by atoms with Gasteiger partial charge < -0.3 is 10.7 Å². The van der Waals surface area contributed by atoms with Gasteiger partial charge in [-0.15, -0.1) is 12.4 Å². The molecule has 0 fully saturated rings. The molecule has 0 bridgehead atoms. The highest BCUT2D eigenvalue weighted by Crippen LogP contribution is 2.00. The Morgan fingerprint density at radius 1 is 1.40 bits per heavy atom. The number of aromatic amines is 1. The van der Waals surface area contributed by atoms with Gasteiger partial charge in [0.15, 0.2) is 0 Å². The molecule has 2 nitrogen and oxygen atoms in total. The number of aromatic nitrogens is 1. The Morgan fingerprint density at radius 2 is 2.00 bits per heavy atom. The SMILES string of the molecule is CCc1ccc(CN)[nH]1.Cl. The molecule has 0 spiro atoms. The van der Waals surface area contributed by atoms with Gasteiger partial charge in [0.1, 0.15) is 0 Å². The minimum absolute atomic E-state index is 0. The van der Waals surface area contributed by atoms with Crippen LogP contribution in [0.25, 0.3) is 0 Å². The molecular formula is C7H13ClN2. The fourth-order valence-corrected chi connectivity index (χ4v) is 0.816. The molecule has 0 aliphatic carbocycles. The quantitative estimate of drug-likeness (QED) is 0.676. The van der Waals surface area contributed by atoms with E-state index in [2.05, 4.69) is 18.0 Å². The molecule has 10 heavy (non-hydrogen) atoms. The first kappa shape index (κ1) is 9.53. The Kier molecular flexibility index (Phi) is 4.16. The zero-order chi connectivity index (χ0) is 6.69. The molecule has 0 atom stereocenters. The van der Waals surface area contributed by atoms with Gasteiger partial charge in [0.25, 0.3) is 0 Å². The first-order valence-corrected chi connectivity index (χ1v) is 3.23. The summed E-state index contributed by atoms with van der Waals surface area (Å²) < 4.78 is 0. The summed E-state index contributed by atoms with van der Waals surface area (Å²) in [5, 5.41) is 0. The average molecular weight is 161 g/mol. The van der Waals surface area contributed by atoms with E-state index in [0.29, 0.717) is 6.54 Å². The van der Waals surface area contributed by atoms with E-state index in [1.807, 2.05) is 6.07 Å². The van der Waals surface area contributed by atoms with Crippen LogP contribution in [0, 0.1) is 0 Å². The van der Waals surface area contributed by atoms with Crippen LogP contribution in [0.2, 0.25) is 0 Å². The summed E-state index contributed by atoms with van der Waals surface area (Å²) in [6, 6.07) is 4.10. The monoisotopic (exact) mass is 160 g/mol. The lowest BCUT2D eigenvalue weighted by atomic mass is 10.3. The molecule has 1 rings (SSSR count). The standard InChI is InChI=1S/C7H12N2.ClH/c1-2-6-3-4-7(5-8)9-6;/h3-4,9H,2,5,8H2,1H3;1H. The van der Waals surface area contributed by atoms with Gasteiger partial charge in [-0.3, -0.25) is 0 Å². The van der Waals surface area contributed by atoms with Gasteiger partial charge in [0.05, 0.1) is 0 Å². The van der Waals surface area contributed by atoms with Crippen LogP contribution in [-0.2, 0) is 13.0 Å². The summed E-state index contributed by atoms with van der Waals surface area (Å²) in [5.74, 6) is 0. The van der Waals surface area contributed by atoms with Crippen LogP contribution in [0.4, 0.5) is 0 Å². The van der Waals surface area contributed by atoms with Crippen molar-refractivity contribution in [1.29, 1.82) is 0 Å². The fraction of sp³-hybridized carbons (Fsp3) is 0.429. The maximum atomic E-state index is 5.39. The molecule has 0 radical (unpaired) electrons. The van der Waals surface area contributed by atoms with Crippen molar-refractivity contribution in [3.8, 4) is 0 Å². The second-order valence-electron chi connectivity index (χ2n) is 2.07. The van der Waals surface area contributed by atoms with E-state index in [1.165, 1.54) is 5.69 Å². The lowest BCUT2D eigenvalue weighted by Crippen LogP contribution is -1.95. The van der Waals surface area contributed by atoms with Gasteiger partial charge in [0, 0.05) is 17.9 Å². The third kappa shape index (κ3) is 2.05. The van der Waals surface area contributed by atoms with Gasteiger partial charge in [-0.25, -0.2) is 0 Å². The Morgan fingerprint density at radius 3 is 2.30 bits per heavy atom. The number of rotatable bonds is 2. The molecule has 0 unspecified atom stereocenters. The highest BCUT2D eigenvalue weighted by Gasteiger charge is 1.91. The van der Waals surface area contributed by atoms with E-state index in [1.54, 1.807) is 0 Å². The summed E-state index contributed by atoms with van der Waals surface area (Å²) in [6.07, 6.45) is 1.06. The number of aryl methyl sites for hydroxylation is 1. The van der Waals surface area contributed by atoms with Crippen molar-refractivity contribution < 1.29 is 0 Å². The Balaban J connectivity index is 0.000000810. The normalized spacial score (nSPS) is 9.00. The third-order valence-electron chi connectivity index (χ3n) is 1.41. The molecule has 58 valence electrons. The molecule has 0 saturated carbocycles. The summed E-state index contributed by atoms with van der Waals surface area (Å²) in [4.78, 5) is 3.19. The van der Waals surface area contributed by atoms with Crippen LogP contribution in [0.15, 0.2) is 12.1 Å². The van der Waals surface area contributed by atoms with Crippen LogP contribution in [0.3, 0.4) is 0 Å². The minimum Gasteiger partial charge on any atom is -0.361 e. The van der Waals surface area contributed by atoms with Crippen molar-refractivity contribution in [3.63, 3.8) is 0 Å². The van der Waals surface area contributed by atoms with Gasteiger partial charge in [-0.05, 0) is 18.6 Å². The van der Waals surface area contributed by atoms with Crippen LogP contribution in [0.5, 0.6) is 0 Å². The van der Waals surface area contributed by atoms with Crippen LogP contribution in [0.1, 0.15) is 18.3 Å². The van der Waals surface area contributed by atoms with E-state index in [0.717, 1.165) is 12.1 Å². The van der Waals surface area contributed by atoms with Crippen molar-refractivity contribution in [2.75, 3.05) is 0 Å². The fourth-order valence-electron chi connectivity index (χ4n) is 0.816. The van der Waals surface area contributed by atoms with Gasteiger partial charge in [0.2, 0.25) is 0 Å². The van der Waals surface area contributed by atoms with Crippen molar-refractivity contribution in [2.45, 2.75) is 19.9 Å². The van der Waals surface area contributed by atoms with Gasteiger partial charge in [-0.2, -0.15) is 0 Å². The summed E-state index contributed by atoms with van der Waals surface area (Å²) in [6.45, 7) is 2.73. The highest BCUT2D eigenvalue weighted by atomic mass is 35.5. The highest BCUT2D eigenvalue weighted by molar-refractivity contribution is 5.85. The van der Waals surface area contributed by atoms with Gasteiger partial charge >= 0.3 is 0 Å². The molecule has 1 aromatic heterocycles. The largest absolute Gasteiger partial charge is 0.361 e. The Bertz CT molecular complexity index is 165. The van der Waals surface area contributed by atoms with E-state index in [-0.39, 0.29) is 12.4 Å². The second-order valence-corrected chi connectivity index (χ2v) is 2.07.